The SMILES string of the molecule is C=CCN(CC=C)C(=O)n1cnc(S(=O)(=O)N(CC=C)CCCCCC)n1. The molecule has 27 heavy (non-hydrogen) atoms. The normalized spacial score (nSPS) is 11.3. The van der Waals surface area contributed by atoms with Crippen molar-refractivity contribution < 1.29 is 13.2 Å². The van der Waals surface area contributed by atoms with Crippen molar-refractivity contribution in [2.45, 2.75) is 37.8 Å². The molecule has 1 amide bonds. The van der Waals surface area contributed by atoms with E-state index in [-0.39, 0.29) is 19.6 Å². The second-order valence-electron chi connectivity index (χ2n) is 5.95. The maximum atomic E-state index is 12.8. The Bertz CT molecular complexity index is 732. The molecule has 0 N–H and O–H groups in total. The smallest absolute Gasteiger partial charge is 0.315 e. The fourth-order valence-electron chi connectivity index (χ4n) is 2.43. The first-order valence-electron chi connectivity index (χ1n) is 8.96. The third-order valence-electron chi connectivity index (χ3n) is 3.80. The van der Waals surface area contributed by atoms with Gasteiger partial charge in [0, 0.05) is 26.2 Å². The minimum atomic E-state index is -3.91. The summed E-state index contributed by atoms with van der Waals surface area (Å²) in [6, 6.07) is -0.498. The Labute approximate surface area is 161 Å². The Hall–Kier alpha value is -2.26. The molecule has 0 bridgehead atoms. The van der Waals surface area contributed by atoms with E-state index in [0.717, 1.165) is 36.7 Å². The van der Waals surface area contributed by atoms with Crippen LogP contribution in [-0.4, -0.2) is 64.6 Å². The van der Waals surface area contributed by atoms with E-state index in [2.05, 4.69) is 36.7 Å². The van der Waals surface area contributed by atoms with Crippen LogP contribution in [0.5, 0.6) is 0 Å². The number of sulfonamides is 1. The molecule has 0 saturated heterocycles. The van der Waals surface area contributed by atoms with Crippen LogP contribution in [0.2, 0.25) is 0 Å². The fraction of sp³-hybridized carbons (Fsp3) is 0.500. The predicted octanol–water partition coefficient (Wildman–Crippen LogP) is 2.68. The lowest BCUT2D eigenvalue weighted by atomic mass is 10.2. The van der Waals surface area contributed by atoms with Gasteiger partial charge in [0.15, 0.2) is 0 Å². The highest BCUT2D eigenvalue weighted by Gasteiger charge is 2.28. The number of hydrogen-bond acceptors (Lipinski definition) is 5. The minimum absolute atomic E-state index is 0.163. The third kappa shape index (κ3) is 6.44. The van der Waals surface area contributed by atoms with Gasteiger partial charge in [-0.2, -0.15) is 8.99 Å². The molecule has 0 aliphatic heterocycles. The van der Waals surface area contributed by atoms with E-state index in [9.17, 15) is 13.2 Å². The van der Waals surface area contributed by atoms with Gasteiger partial charge in [0.25, 0.3) is 15.2 Å². The van der Waals surface area contributed by atoms with Crippen molar-refractivity contribution in [3.05, 3.63) is 44.3 Å². The molecule has 0 atom stereocenters. The van der Waals surface area contributed by atoms with Gasteiger partial charge in [-0.3, -0.25) is 0 Å². The molecule has 150 valence electrons. The Morgan fingerprint density at radius 3 is 2.30 bits per heavy atom. The maximum absolute atomic E-state index is 12.8. The van der Waals surface area contributed by atoms with Crippen molar-refractivity contribution in [1.82, 2.24) is 24.0 Å². The number of hydrogen-bond donors (Lipinski definition) is 0. The van der Waals surface area contributed by atoms with Gasteiger partial charge in [-0.1, -0.05) is 44.4 Å². The Morgan fingerprint density at radius 2 is 1.74 bits per heavy atom. The first kappa shape index (κ1) is 22.8. The molecular formula is C18H29N5O3S. The lowest BCUT2D eigenvalue weighted by Gasteiger charge is -2.19. The molecule has 0 fully saturated rings. The number of nitrogens with zero attached hydrogens (tertiary/aromatic N) is 5. The second-order valence-corrected chi connectivity index (χ2v) is 7.78. The zero-order valence-corrected chi connectivity index (χ0v) is 16.8. The molecular weight excluding hydrogens is 366 g/mol. The van der Waals surface area contributed by atoms with Gasteiger partial charge in [-0.15, -0.1) is 24.8 Å². The molecule has 1 rings (SSSR count). The number of carbonyl (C=O) groups excluding carboxylic acids is 1. The molecule has 1 aromatic rings. The highest BCUT2D eigenvalue weighted by atomic mass is 32.2. The molecule has 0 spiro atoms. The summed E-state index contributed by atoms with van der Waals surface area (Å²) in [6.07, 6.45) is 9.56. The average Bonchev–Trinajstić information content (AvgIpc) is 3.14. The van der Waals surface area contributed by atoms with Crippen LogP contribution in [0.15, 0.2) is 49.4 Å². The van der Waals surface area contributed by atoms with Crippen LogP contribution in [0.1, 0.15) is 32.6 Å². The van der Waals surface area contributed by atoms with Gasteiger partial charge in [-0.25, -0.2) is 18.2 Å². The molecule has 0 aromatic carbocycles. The van der Waals surface area contributed by atoms with Crippen molar-refractivity contribution in [1.29, 1.82) is 0 Å². The number of aromatic nitrogens is 3. The summed E-state index contributed by atoms with van der Waals surface area (Å²) < 4.78 is 27.9. The first-order valence-corrected chi connectivity index (χ1v) is 10.4. The fourth-order valence-corrected chi connectivity index (χ4v) is 3.70. The van der Waals surface area contributed by atoms with E-state index in [1.165, 1.54) is 15.3 Å². The lowest BCUT2D eigenvalue weighted by Crippen LogP contribution is -2.36. The molecule has 8 nitrogen and oxygen atoms in total. The number of unbranched alkanes of at least 4 members (excludes halogenated alkanes) is 3. The topological polar surface area (TPSA) is 88.4 Å². The number of carbonyl (C=O) groups is 1. The Morgan fingerprint density at radius 1 is 1.11 bits per heavy atom. The van der Waals surface area contributed by atoms with Crippen molar-refractivity contribution in [3.8, 4) is 0 Å². The van der Waals surface area contributed by atoms with Gasteiger partial charge in [0.1, 0.15) is 6.33 Å². The lowest BCUT2D eigenvalue weighted by molar-refractivity contribution is 0.206. The maximum Gasteiger partial charge on any atom is 0.346 e. The minimum Gasteiger partial charge on any atom is -0.315 e. The van der Waals surface area contributed by atoms with Gasteiger partial charge in [0.05, 0.1) is 0 Å². The molecule has 0 saturated carbocycles. The second kappa shape index (κ2) is 11.5. The van der Waals surface area contributed by atoms with Crippen LogP contribution < -0.4 is 0 Å². The van der Waals surface area contributed by atoms with Crippen LogP contribution in [0.25, 0.3) is 0 Å². The van der Waals surface area contributed by atoms with Gasteiger partial charge in [0.2, 0.25) is 0 Å². The summed E-state index contributed by atoms with van der Waals surface area (Å²) in [5.41, 5.74) is 0. The van der Waals surface area contributed by atoms with E-state index in [1.54, 1.807) is 12.2 Å². The Balaban J connectivity index is 2.99. The highest BCUT2D eigenvalue weighted by molar-refractivity contribution is 7.88. The van der Waals surface area contributed by atoms with Gasteiger partial charge >= 0.3 is 6.03 Å². The van der Waals surface area contributed by atoms with Crippen molar-refractivity contribution in [3.63, 3.8) is 0 Å². The first-order chi connectivity index (χ1) is 12.9. The molecule has 9 heteroatoms. The zero-order chi connectivity index (χ0) is 20.3. The van der Waals surface area contributed by atoms with E-state index in [1.807, 2.05) is 0 Å². The van der Waals surface area contributed by atoms with Crippen LogP contribution in [0.4, 0.5) is 4.79 Å². The molecule has 0 aliphatic rings. The van der Waals surface area contributed by atoms with E-state index >= 15 is 0 Å². The third-order valence-corrected chi connectivity index (χ3v) is 5.46. The van der Waals surface area contributed by atoms with E-state index in [4.69, 9.17) is 0 Å². The van der Waals surface area contributed by atoms with Crippen LogP contribution in [0, 0.1) is 0 Å². The summed E-state index contributed by atoms with van der Waals surface area (Å²) >= 11 is 0. The molecule has 0 unspecified atom stereocenters. The Kier molecular flexibility index (Phi) is 9.66. The van der Waals surface area contributed by atoms with Crippen molar-refractivity contribution in [2.24, 2.45) is 0 Å². The average molecular weight is 396 g/mol. The van der Waals surface area contributed by atoms with Crippen molar-refractivity contribution in [2.75, 3.05) is 26.2 Å². The molecule has 0 radical (unpaired) electrons. The van der Waals surface area contributed by atoms with E-state index < -0.39 is 21.2 Å². The molecule has 1 heterocycles. The monoisotopic (exact) mass is 395 g/mol. The zero-order valence-electron chi connectivity index (χ0n) is 16.0. The summed E-state index contributed by atoms with van der Waals surface area (Å²) in [7, 11) is -3.91. The molecule has 0 aliphatic carbocycles. The highest BCUT2D eigenvalue weighted by Crippen LogP contribution is 2.13. The van der Waals surface area contributed by atoms with Crippen LogP contribution in [0.3, 0.4) is 0 Å². The van der Waals surface area contributed by atoms with Gasteiger partial charge < -0.3 is 4.90 Å². The van der Waals surface area contributed by atoms with Crippen LogP contribution >= 0.6 is 0 Å². The number of amides is 1. The number of rotatable bonds is 13. The van der Waals surface area contributed by atoms with Crippen molar-refractivity contribution >= 4 is 16.1 Å². The summed E-state index contributed by atoms with van der Waals surface area (Å²) in [5.74, 6) is 0. The quantitative estimate of drug-likeness (QED) is 0.378. The summed E-state index contributed by atoms with van der Waals surface area (Å²) in [6.45, 7) is 14.0. The van der Waals surface area contributed by atoms with Crippen LogP contribution in [-0.2, 0) is 10.0 Å². The predicted molar refractivity (Wildman–Crippen MR) is 106 cm³/mol. The molecule has 1 aromatic heterocycles. The standard InChI is InChI=1S/C18H29N5O3S/c1-5-9-10-11-15-22(14-8-4)27(25,26)17-19-16-23(20-17)18(24)21(12-6-2)13-7-3/h6-8,16H,2-5,9-15H2,1H3. The summed E-state index contributed by atoms with van der Waals surface area (Å²) in [5, 5.41) is 3.50. The van der Waals surface area contributed by atoms with E-state index in [0.29, 0.717) is 6.54 Å². The summed E-state index contributed by atoms with van der Waals surface area (Å²) in [4.78, 5) is 17.7. The largest absolute Gasteiger partial charge is 0.346 e. The van der Waals surface area contributed by atoms with Gasteiger partial charge in [-0.05, 0) is 6.42 Å².